The van der Waals surface area contributed by atoms with Crippen LogP contribution in [0.3, 0.4) is 0 Å². The second-order valence-electron chi connectivity index (χ2n) is 7.39. The molecule has 31 heavy (non-hydrogen) atoms. The summed E-state index contributed by atoms with van der Waals surface area (Å²) in [5, 5.41) is 5.09. The Hall–Kier alpha value is -3.06. The van der Waals surface area contributed by atoms with Crippen LogP contribution in [-0.4, -0.2) is 49.2 Å². The molecular formula is C24H31N3O4. The van der Waals surface area contributed by atoms with Crippen LogP contribution in [0, 0.1) is 0 Å². The van der Waals surface area contributed by atoms with Gasteiger partial charge in [0.2, 0.25) is 5.91 Å². The maximum Gasteiger partial charge on any atom is 0.321 e. The van der Waals surface area contributed by atoms with Crippen molar-refractivity contribution >= 4 is 11.9 Å². The lowest BCUT2D eigenvalue weighted by molar-refractivity contribution is -0.126. The normalized spacial score (nSPS) is 15.7. The Morgan fingerprint density at radius 2 is 1.65 bits per heavy atom. The van der Waals surface area contributed by atoms with Crippen molar-refractivity contribution in [2.75, 3.05) is 26.2 Å². The molecule has 1 fully saturated rings. The van der Waals surface area contributed by atoms with Gasteiger partial charge in [0.15, 0.2) is 11.5 Å². The van der Waals surface area contributed by atoms with E-state index in [0.717, 1.165) is 29.9 Å². The molecule has 0 aromatic heterocycles. The highest BCUT2D eigenvalue weighted by molar-refractivity contribution is 5.97. The lowest BCUT2D eigenvalue weighted by Crippen LogP contribution is -2.49. The van der Waals surface area contributed by atoms with E-state index in [1.165, 1.54) is 0 Å². The number of nitrogens with one attached hydrogen (secondary N) is 2. The first-order valence-corrected chi connectivity index (χ1v) is 10.9. The number of imide groups is 1. The van der Waals surface area contributed by atoms with E-state index in [2.05, 4.69) is 15.5 Å². The van der Waals surface area contributed by atoms with Gasteiger partial charge in [0, 0.05) is 19.6 Å². The number of rotatable bonds is 8. The molecule has 0 aliphatic carbocycles. The predicted octanol–water partition coefficient (Wildman–Crippen LogP) is 3.52. The van der Waals surface area contributed by atoms with Crippen molar-refractivity contribution < 1.29 is 19.1 Å². The Morgan fingerprint density at radius 3 is 2.29 bits per heavy atom. The van der Waals surface area contributed by atoms with Gasteiger partial charge in [0.25, 0.3) is 0 Å². The first kappa shape index (κ1) is 22.6. The summed E-state index contributed by atoms with van der Waals surface area (Å²) in [4.78, 5) is 27.0. The van der Waals surface area contributed by atoms with Crippen LogP contribution in [-0.2, 0) is 4.79 Å². The molecule has 1 aliphatic rings. The van der Waals surface area contributed by atoms with Gasteiger partial charge < -0.3 is 14.8 Å². The number of nitrogens with zero attached hydrogens (tertiary/aromatic N) is 1. The minimum Gasteiger partial charge on any atom is -0.490 e. The van der Waals surface area contributed by atoms with Crippen molar-refractivity contribution in [2.45, 2.75) is 38.8 Å². The molecule has 2 aromatic carbocycles. The van der Waals surface area contributed by atoms with Crippen LogP contribution >= 0.6 is 0 Å². The van der Waals surface area contributed by atoms with Crippen LogP contribution in [0.1, 0.15) is 38.3 Å². The zero-order valence-corrected chi connectivity index (χ0v) is 18.2. The van der Waals surface area contributed by atoms with Gasteiger partial charge in [-0.05, 0) is 44.4 Å². The molecule has 1 unspecified atom stereocenters. The highest BCUT2D eigenvalue weighted by Gasteiger charge is 2.32. The Bertz CT molecular complexity index is 851. The Balaban J connectivity index is 1.66. The van der Waals surface area contributed by atoms with E-state index in [4.69, 9.17) is 9.47 Å². The summed E-state index contributed by atoms with van der Waals surface area (Å²) in [6.07, 6.45) is 1.59. The summed E-state index contributed by atoms with van der Waals surface area (Å²) in [5.41, 5.74) is 0.866. The molecule has 0 spiro atoms. The molecule has 1 heterocycles. The SMILES string of the molecule is CCNC(=O)NC(=O)C(c1ccccc1)N1CCC(Oc2ccccc2OCC)CC1. The van der Waals surface area contributed by atoms with Gasteiger partial charge in [-0.3, -0.25) is 15.0 Å². The largest absolute Gasteiger partial charge is 0.490 e. The Morgan fingerprint density at radius 1 is 1.00 bits per heavy atom. The number of ether oxygens (including phenoxy) is 2. The van der Waals surface area contributed by atoms with Crippen LogP contribution in [0.25, 0.3) is 0 Å². The van der Waals surface area contributed by atoms with Crippen molar-refractivity contribution in [3.8, 4) is 11.5 Å². The molecule has 2 aromatic rings. The molecular weight excluding hydrogens is 394 g/mol. The minimum atomic E-state index is -0.527. The number of hydrogen-bond donors (Lipinski definition) is 2. The summed E-state index contributed by atoms with van der Waals surface area (Å²) in [6.45, 7) is 6.17. The summed E-state index contributed by atoms with van der Waals surface area (Å²) in [7, 11) is 0. The van der Waals surface area contributed by atoms with Gasteiger partial charge in [-0.1, -0.05) is 42.5 Å². The number of carbonyl (C=O) groups excluding carboxylic acids is 2. The average molecular weight is 426 g/mol. The summed E-state index contributed by atoms with van der Waals surface area (Å²) in [6, 6.07) is 16.3. The van der Waals surface area contributed by atoms with Gasteiger partial charge >= 0.3 is 6.03 Å². The third-order valence-corrected chi connectivity index (χ3v) is 5.22. The predicted molar refractivity (Wildman–Crippen MR) is 119 cm³/mol. The van der Waals surface area contributed by atoms with Gasteiger partial charge in [-0.2, -0.15) is 0 Å². The summed E-state index contributed by atoms with van der Waals surface area (Å²) < 4.78 is 11.9. The zero-order chi connectivity index (χ0) is 22.1. The maximum absolute atomic E-state index is 13.0. The molecule has 7 heteroatoms. The van der Waals surface area contributed by atoms with E-state index >= 15 is 0 Å². The topological polar surface area (TPSA) is 79.9 Å². The summed E-state index contributed by atoms with van der Waals surface area (Å²) >= 11 is 0. The quantitative estimate of drug-likeness (QED) is 0.677. The molecule has 0 radical (unpaired) electrons. The van der Waals surface area contributed by atoms with Gasteiger partial charge in [-0.15, -0.1) is 0 Å². The van der Waals surface area contributed by atoms with Gasteiger partial charge in [0.05, 0.1) is 6.61 Å². The molecule has 0 bridgehead atoms. The molecule has 1 saturated heterocycles. The van der Waals surface area contributed by atoms with E-state index < -0.39 is 12.1 Å². The number of hydrogen-bond acceptors (Lipinski definition) is 5. The maximum atomic E-state index is 13.0. The number of para-hydroxylation sites is 2. The number of piperidine rings is 1. The lowest BCUT2D eigenvalue weighted by atomic mass is 9.99. The number of urea groups is 1. The van der Waals surface area contributed by atoms with E-state index in [9.17, 15) is 9.59 Å². The standard InChI is InChI=1S/C24H31N3O4/c1-3-25-24(29)26-23(28)22(18-10-6-5-7-11-18)27-16-14-19(15-17-27)31-21-13-9-8-12-20(21)30-4-2/h5-13,19,22H,3-4,14-17H2,1-2H3,(H2,25,26,28,29). The van der Waals surface area contributed by atoms with Crippen LogP contribution in [0.2, 0.25) is 0 Å². The third kappa shape index (κ3) is 6.21. The molecule has 0 saturated carbocycles. The number of benzene rings is 2. The first-order chi connectivity index (χ1) is 15.1. The van der Waals surface area contributed by atoms with Gasteiger partial charge in [-0.25, -0.2) is 4.79 Å². The highest BCUT2D eigenvalue weighted by atomic mass is 16.5. The molecule has 2 N–H and O–H groups in total. The average Bonchev–Trinajstić information content (AvgIpc) is 2.77. The van der Waals surface area contributed by atoms with Crippen LogP contribution < -0.4 is 20.1 Å². The molecule has 1 aliphatic heterocycles. The number of likely N-dealkylation sites (tertiary alicyclic amines) is 1. The molecule has 1 atom stereocenters. The Kier molecular flexibility index (Phi) is 8.29. The van der Waals surface area contributed by atoms with E-state index in [-0.39, 0.29) is 12.0 Å². The zero-order valence-electron chi connectivity index (χ0n) is 18.2. The van der Waals surface area contributed by atoms with Crippen LogP contribution in [0.5, 0.6) is 11.5 Å². The fourth-order valence-electron chi connectivity index (χ4n) is 3.80. The van der Waals surface area contributed by atoms with Gasteiger partial charge in [0.1, 0.15) is 12.1 Å². The minimum absolute atomic E-state index is 0.0423. The first-order valence-electron chi connectivity index (χ1n) is 10.9. The molecule has 3 rings (SSSR count). The smallest absolute Gasteiger partial charge is 0.321 e. The van der Waals surface area contributed by atoms with Crippen LogP contribution in [0.15, 0.2) is 54.6 Å². The second kappa shape index (κ2) is 11.4. The van der Waals surface area contributed by atoms with Crippen molar-refractivity contribution in [2.24, 2.45) is 0 Å². The second-order valence-corrected chi connectivity index (χ2v) is 7.39. The van der Waals surface area contributed by atoms with Crippen molar-refractivity contribution in [3.05, 3.63) is 60.2 Å². The summed E-state index contributed by atoms with van der Waals surface area (Å²) in [5.74, 6) is 1.17. The molecule has 166 valence electrons. The number of carbonyl (C=O) groups is 2. The van der Waals surface area contributed by atoms with Crippen molar-refractivity contribution in [1.29, 1.82) is 0 Å². The van der Waals surface area contributed by atoms with E-state index in [0.29, 0.717) is 26.2 Å². The van der Waals surface area contributed by atoms with Crippen molar-refractivity contribution in [1.82, 2.24) is 15.5 Å². The monoisotopic (exact) mass is 425 g/mol. The number of amides is 3. The third-order valence-electron chi connectivity index (χ3n) is 5.22. The Labute approximate surface area is 183 Å². The van der Waals surface area contributed by atoms with E-state index in [1.54, 1.807) is 0 Å². The molecule has 3 amide bonds. The fraction of sp³-hybridized carbons (Fsp3) is 0.417. The lowest BCUT2D eigenvalue weighted by Gasteiger charge is -2.37. The fourth-order valence-corrected chi connectivity index (χ4v) is 3.80. The highest BCUT2D eigenvalue weighted by Crippen LogP contribution is 2.31. The van der Waals surface area contributed by atoms with E-state index in [1.807, 2.05) is 68.4 Å². The van der Waals surface area contributed by atoms with Crippen molar-refractivity contribution in [3.63, 3.8) is 0 Å². The molecule has 7 nitrogen and oxygen atoms in total. The van der Waals surface area contributed by atoms with Crippen LogP contribution in [0.4, 0.5) is 4.79 Å².